The van der Waals surface area contributed by atoms with E-state index in [4.69, 9.17) is 9.78 Å². The predicted molar refractivity (Wildman–Crippen MR) is 112 cm³/mol. The van der Waals surface area contributed by atoms with Crippen LogP contribution in [0, 0.1) is 0 Å². The van der Waals surface area contributed by atoms with E-state index >= 15 is 0 Å². The van der Waals surface area contributed by atoms with Crippen LogP contribution in [0.3, 0.4) is 0 Å². The molecule has 1 fully saturated rings. The van der Waals surface area contributed by atoms with Gasteiger partial charge in [-0.3, -0.25) is 19.4 Å². The molecule has 1 N–H and O–H groups in total. The maximum atomic E-state index is 13.2. The second-order valence-corrected chi connectivity index (χ2v) is 10.3. The van der Waals surface area contributed by atoms with Crippen LogP contribution in [0.25, 0.3) is 0 Å². The number of hydrogen-bond donors (Lipinski definition) is 1. The minimum Gasteiger partial charge on any atom is -0.307 e. The van der Waals surface area contributed by atoms with Crippen LogP contribution < -0.4 is 5.32 Å². The zero-order valence-corrected chi connectivity index (χ0v) is 18.9. The maximum absolute atomic E-state index is 13.2. The molecule has 0 aliphatic carbocycles. The smallest absolute Gasteiger partial charge is 0.307 e. The highest BCUT2D eigenvalue weighted by atomic mass is 17.2. The van der Waals surface area contributed by atoms with Crippen LogP contribution >= 0.6 is 0 Å². The molecule has 0 unspecified atom stereocenters. The van der Waals surface area contributed by atoms with Gasteiger partial charge >= 0.3 is 5.97 Å². The Morgan fingerprint density at radius 3 is 2.23 bits per heavy atom. The first-order valence-corrected chi connectivity index (χ1v) is 10.5. The molecule has 1 saturated heterocycles. The molecule has 2 aliphatic rings. The number of nitrogens with one attached hydrogen (secondary N) is 1. The summed E-state index contributed by atoms with van der Waals surface area (Å²) in [7, 11) is 0. The third kappa shape index (κ3) is 4.42. The van der Waals surface area contributed by atoms with Crippen molar-refractivity contribution in [3.63, 3.8) is 0 Å². The van der Waals surface area contributed by atoms with Crippen LogP contribution in [0.4, 0.5) is 0 Å². The fourth-order valence-corrected chi connectivity index (χ4v) is 4.43. The average molecular weight is 417 g/mol. The molecule has 7 heteroatoms. The zero-order valence-electron chi connectivity index (χ0n) is 18.9. The van der Waals surface area contributed by atoms with Gasteiger partial charge in [-0.25, -0.2) is 4.79 Å². The number of imide groups is 1. The van der Waals surface area contributed by atoms with Crippen molar-refractivity contribution in [1.82, 2.24) is 10.2 Å². The lowest BCUT2D eigenvalue weighted by molar-refractivity contribution is -0.307. The number of nitrogens with zero attached hydrogens (tertiary/aromatic N) is 1. The molecule has 0 spiro atoms. The maximum Gasteiger partial charge on any atom is 0.373 e. The van der Waals surface area contributed by atoms with Crippen molar-refractivity contribution in [2.75, 3.05) is 0 Å². The van der Waals surface area contributed by atoms with Crippen LogP contribution in [-0.2, 0) is 9.78 Å². The van der Waals surface area contributed by atoms with Crippen LogP contribution in [0.1, 0.15) is 98.8 Å². The van der Waals surface area contributed by atoms with E-state index in [9.17, 15) is 14.4 Å². The summed E-state index contributed by atoms with van der Waals surface area (Å²) < 4.78 is 0. The third-order valence-corrected chi connectivity index (χ3v) is 5.88. The van der Waals surface area contributed by atoms with E-state index in [2.05, 4.69) is 33.0 Å². The summed E-state index contributed by atoms with van der Waals surface area (Å²) in [6, 6.07) is 4.23. The first-order chi connectivity index (χ1) is 13.8. The fraction of sp³-hybridized carbons (Fsp3) is 0.609. The number of benzene rings is 1. The van der Waals surface area contributed by atoms with Gasteiger partial charge in [-0.05, 0) is 79.0 Å². The van der Waals surface area contributed by atoms with Crippen molar-refractivity contribution in [2.45, 2.75) is 90.4 Å². The number of fused-ring (bicyclic) bond motifs is 1. The summed E-state index contributed by atoms with van der Waals surface area (Å²) in [4.78, 5) is 50.1. The number of carbonyl (C=O) groups excluding carboxylic acids is 3. The first kappa shape index (κ1) is 22.4. The lowest BCUT2D eigenvalue weighted by Gasteiger charge is -2.48. The topological polar surface area (TPSA) is 84.9 Å². The summed E-state index contributed by atoms with van der Waals surface area (Å²) >= 11 is 0. The summed E-state index contributed by atoms with van der Waals surface area (Å²) in [5.41, 5.74) is -0.294. The van der Waals surface area contributed by atoms with Crippen molar-refractivity contribution < 1.29 is 24.2 Å². The Hall–Kier alpha value is -2.25. The summed E-state index contributed by atoms with van der Waals surface area (Å²) in [6.45, 7) is 13.8. The third-order valence-electron chi connectivity index (χ3n) is 5.88. The van der Waals surface area contributed by atoms with E-state index in [-0.39, 0.29) is 40.1 Å². The lowest BCUT2D eigenvalue weighted by Crippen LogP contribution is -2.62. The SMILES string of the molecule is CCC(C)(C)OOC(=O)c1ccc2c(c1)C(=O)N(C1CC(C)(C)NC(C)(C)C1)C2=O. The molecule has 0 aromatic heterocycles. The van der Waals surface area contributed by atoms with Gasteiger partial charge in [0.25, 0.3) is 11.8 Å². The zero-order chi connectivity index (χ0) is 22.5. The van der Waals surface area contributed by atoms with E-state index in [0.717, 1.165) is 0 Å². The van der Waals surface area contributed by atoms with Gasteiger partial charge in [0.2, 0.25) is 0 Å². The van der Waals surface area contributed by atoms with E-state index in [0.29, 0.717) is 24.8 Å². The van der Waals surface area contributed by atoms with Gasteiger partial charge in [-0.2, -0.15) is 4.89 Å². The van der Waals surface area contributed by atoms with E-state index in [1.165, 1.54) is 23.1 Å². The molecule has 1 aromatic rings. The highest BCUT2D eigenvalue weighted by molar-refractivity contribution is 6.22. The fourth-order valence-electron chi connectivity index (χ4n) is 4.43. The molecule has 7 nitrogen and oxygen atoms in total. The molecule has 0 radical (unpaired) electrons. The summed E-state index contributed by atoms with van der Waals surface area (Å²) in [6.07, 6.45) is 1.99. The Kier molecular flexibility index (Phi) is 5.58. The quantitative estimate of drug-likeness (QED) is 0.446. The highest BCUT2D eigenvalue weighted by Crippen LogP contribution is 2.36. The van der Waals surface area contributed by atoms with Gasteiger partial charge in [0, 0.05) is 17.1 Å². The van der Waals surface area contributed by atoms with E-state index < -0.39 is 11.6 Å². The Labute approximate surface area is 178 Å². The van der Waals surface area contributed by atoms with Crippen molar-refractivity contribution >= 4 is 17.8 Å². The largest absolute Gasteiger partial charge is 0.373 e. The van der Waals surface area contributed by atoms with Crippen LogP contribution in [0.5, 0.6) is 0 Å². The van der Waals surface area contributed by atoms with Crippen LogP contribution in [0.15, 0.2) is 18.2 Å². The van der Waals surface area contributed by atoms with Crippen molar-refractivity contribution in [2.24, 2.45) is 0 Å². The lowest BCUT2D eigenvalue weighted by atomic mass is 9.79. The molecule has 2 amide bonds. The molecule has 0 atom stereocenters. The molecule has 30 heavy (non-hydrogen) atoms. The van der Waals surface area contributed by atoms with Crippen molar-refractivity contribution in [3.8, 4) is 0 Å². The Morgan fingerprint density at radius 2 is 1.67 bits per heavy atom. The van der Waals surface area contributed by atoms with Gasteiger partial charge in [-0.15, -0.1) is 0 Å². The molecule has 2 aliphatic heterocycles. The van der Waals surface area contributed by atoms with Crippen LogP contribution in [-0.4, -0.2) is 45.4 Å². The van der Waals surface area contributed by atoms with E-state index in [1.54, 1.807) is 0 Å². The Balaban J connectivity index is 1.83. The van der Waals surface area contributed by atoms with Gasteiger partial charge < -0.3 is 5.32 Å². The molecule has 164 valence electrons. The number of carbonyl (C=O) groups is 3. The molecule has 2 heterocycles. The average Bonchev–Trinajstić information content (AvgIpc) is 2.87. The second kappa shape index (κ2) is 7.46. The van der Waals surface area contributed by atoms with Crippen molar-refractivity contribution in [3.05, 3.63) is 34.9 Å². The molecular formula is C23H32N2O5. The standard InChI is InChI=1S/C23H32N2O5/c1-8-23(6,7)30-29-20(28)14-9-10-16-17(11-14)19(27)25(18(16)26)15-12-21(2,3)24-22(4,5)13-15/h9-11,15,24H,8,12-13H2,1-7H3. The normalized spacial score (nSPS) is 21.0. The number of piperidine rings is 1. The number of hydrogen-bond acceptors (Lipinski definition) is 6. The molecule has 1 aromatic carbocycles. The van der Waals surface area contributed by atoms with Crippen LogP contribution in [0.2, 0.25) is 0 Å². The van der Waals surface area contributed by atoms with Gasteiger partial charge in [0.05, 0.1) is 16.7 Å². The van der Waals surface area contributed by atoms with Gasteiger partial charge in [0.15, 0.2) is 0 Å². The van der Waals surface area contributed by atoms with E-state index in [1.807, 2.05) is 20.8 Å². The monoisotopic (exact) mass is 416 g/mol. The van der Waals surface area contributed by atoms with Gasteiger partial charge in [0.1, 0.15) is 5.60 Å². The molecule has 0 saturated carbocycles. The van der Waals surface area contributed by atoms with Crippen molar-refractivity contribution in [1.29, 1.82) is 0 Å². The van der Waals surface area contributed by atoms with Gasteiger partial charge in [-0.1, -0.05) is 6.92 Å². The molecule has 0 bridgehead atoms. The first-order valence-electron chi connectivity index (χ1n) is 10.5. The number of rotatable bonds is 5. The molecular weight excluding hydrogens is 384 g/mol. The summed E-state index contributed by atoms with van der Waals surface area (Å²) in [5.74, 6) is -1.36. The second-order valence-electron chi connectivity index (χ2n) is 10.3. The Morgan fingerprint density at radius 1 is 1.10 bits per heavy atom. The minimum atomic E-state index is -0.692. The minimum absolute atomic E-state index is 0.176. The molecule has 3 rings (SSSR count). The number of amides is 2. The Bertz CT molecular complexity index is 872. The predicted octanol–water partition coefficient (Wildman–Crippen LogP) is 3.87. The highest BCUT2D eigenvalue weighted by Gasteiger charge is 2.47. The summed E-state index contributed by atoms with van der Waals surface area (Å²) in [5, 5.41) is 3.57.